The summed E-state index contributed by atoms with van der Waals surface area (Å²) < 4.78 is 0. The number of pyridine rings is 1. The van der Waals surface area contributed by atoms with E-state index >= 15 is 0 Å². The van der Waals surface area contributed by atoms with Crippen LogP contribution in [0, 0.1) is 0 Å². The standard InChI is InChI=1S/C8H7Cl2N/c1-2-3-7-6(9)4-5-8(10)11-7/h2-5H,1H3/b3-2+. The van der Waals surface area contributed by atoms with E-state index in [1.807, 2.05) is 19.1 Å². The highest BCUT2D eigenvalue weighted by atomic mass is 35.5. The summed E-state index contributed by atoms with van der Waals surface area (Å²) in [4.78, 5) is 4.01. The molecule has 0 radical (unpaired) electrons. The molecule has 1 aromatic heterocycles. The molecule has 0 unspecified atom stereocenters. The number of nitrogens with zero attached hydrogens (tertiary/aromatic N) is 1. The molecule has 11 heavy (non-hydrogen) atoms. The maximum absolute atomic E-state index is 5.80. The molecule has 0 atom stereocenters. The lowest BCUT2D eigenvalue weighted by atomic mass is 10.3. The molecule has 0 aliphatic carbocycles. The average Bonchev–Trinajstić information content (AvgIpc) is 1.98. The van der Waals surface area contributed by atoms with Gasteiger partial charge in [-0.1, -0.05) is 29.3 Å². The Morgan fingerprint density at radius 2 is 2.09 bits per heavy atom. The van der Waals surface area contributed by atoms with Crippen LogP contribution >= 0.6 is 23.2 Å². The van der Waals surface area contributed by atoms with Crippen LogP contribution in [0.3, 0.4) is 0 Å². The van der Waals surface area contributed by atoms with Gasteiger partial charge in [0.2, 0.25) is 0 Å². The molecular weight excluding hydrogens is 181 g/mol. The Morgan fingerprint density at radius 1 is 1.36 bits per heavy atom. The summed E-state index contributed by atoms with van der Waals surface area (Å²) in [5.74, 6) is 0. The fourth-order valence-electron chi connectivity index (χ4n) is 0.708. The SMILES string of the molecule is C/C=C/c1nc(Cl)ccc1Cl. The summed E-state index contributed by atoms with van der Waals surface area (Å²) in [7, 11) is 0. The lowest BCUT2D eigenvalue weighted by Crippen LogP contribution is -1.81. The fourth-order valence-corrected chi connectivity index (χ4v) is 1.03. The first-order valence-corrected chi connectivity index (χ1v) is 3.94. The van der Waals surface area contributed by atoms with Gasteiger partial charge >= 0.3 is 0 Å². The van der Waals surface area contributed by atoms with E-state index < -0.39 is 0 Å². The highest BCUT2D eigenvalue weighted by Crippen LogP contribution is 2.17. The predicted octanol–water partition coefficient (Wildman–Crippen LogP) is 3.42. The van der Waals surface area contributed by atoms with Crippen LogP contribution in [0.25, 0.3) is 6.08 Å². The first-order valence-electron chi connectivity index (χ1n) is 3.19. The molecule has 0 aliphatic rings. The zero-order valence-electron chi connectivity index (χ0n) is 6.01. The van der Waals surface area contributed by atoms with Crippen LogP contribution in [0.1, 0.15) is 12.6 Å². The molecule has 3 heteroatoms. The van der Waals surface area contributed by atoms with Crippen molar-refractivity contribution in [3.8, 4) is 0 Å². The molecule has 1 heterocycles. The van der Waals surface area contributed by atoms with E-state index in [1.54, 1.807) is 12.1 Å². The largest absolute Gasteiger partial charge is 0.235 e. The van der Waals surface area contributed by atoms with Gasteiger partial charge in [0.05, 0.1) is 10.7 Å². The third-order valence-electron chi connectivity index (χ3n) is 1.16. The highest BCUT2D eigenvalue weighted by molar-refractivity contribution is 6.33. The van der Waals surface area contributed by atoms with Crippen molar-refractivity contribution >= 4 is 29.3 Å². The summed E-state index contributed by atoms with van der Waals surface area (Å²) >= 11 is 11.5. The van der Waals surface area contributed by atoms with Crippen LogP contribution in [0.4, 0.5) is 0 Å². The molecule has 0 N–H and O–H groups in total. The van der Waals surface area contributed by atoms with Crippen LogP contribution in [0.15, 0.2) is 18.2 Å². The first-order chi connectivity index (χ1) is 5.24. The minimum atomic E-state index is 0.461. The van der Waals surface area contributed by atoms with E-state index in [0.29, 0.717) is 15.9 Å². The van der Waals surface area contributed by atoms with Gasteiger partial charge in [-0.2, -0.15) is 0 Å². The number of rotatable bonds is 1. The Balaban J connectivity index is 3.12. The van der Waals surface area contributed by atoms with E-state index in [1.165, 1.54) is 0 Å². The van der Waals surface area contributed by atoms with Crippen molar-refractivity contribution < 1.29 is 0 Å². The molecule has 0 amide bonds. The highest BCUT2D eigenvalue weighted by Gasteiger charge is 1.97. The Labute approximate surface area is 75.7 Å². The lowest BCUT2D eigenvalue weighted by molar-refractivity contribution is 1.29. The molecule has 1 aromatic rings. The summed E-state index contributed by atoms with van der Waals surface area (Å²) in [5.41, 5.74) is 0.710. The van der Waals surface area contributed by atoms with E-state index in [0.717, 1.165) is 0 Å². The van der Waals surface area contributed by atoms with Crippen molar-refractivity contribution in [3.63, 3.8) is 0 Å². The van der Waals surface area contributed by atoms with Crippen molar-refractivity contribution in [2.75, 3.05) is 0 Å². The zero-order chi connectivity index (χ0) is 8.27. The number of allylic oxidation sites excluding steroid dienone is 1. The van der Waals surface area contributed by atoms with Gasteiger partial charge in [-0.15, -0.1) is 0 Å². The Hall–Kier alpha value is -0.530. The second-order valence-electron chi connectivity index (χ2n) is 2.00. The second-order valence-corrected chi connectivity index (χ2v) is 2.80. The van der Waals surface area contributed by atoms with Crippen LogP contribution in [-0.2, 0) is 0 Å². The molecule has 0 spiro atoms. The summed E-state index contributed by atoms with van der Waals surface area (Å²) in [6.07, 6.45) is 3.68. The van der Waals surface area contributed by atoms with E-state index in [2.05, 4.69) is 4.98 Å². The van der Waals surface area contributed by atoms with Gasteiger partial charge in [0.15, 0.2) is 0 Å². The molecule has 0 bridgehead atoms. The monoisotopic (exact) mass is 187 g/mol. The number of aromatic nitrogens is 1. The maximum atomic E-state index is 5.80. The van der Waals surface area contributed by atoms with E-state index in [4.69, 9.17) is 23.2 Å². The minimum absolute atomic E-state index is 0.461. The average molecular weight is 188 g/mol. The van der Waals surface area contributed by atoms with Gasteiger partial charge in [0.1, 0.15) is 5.15 Å². The van der Waals surface area contributed by atoms with E-state index in [-0.39, 0.29) is 0 Å². The molecule has 1 rings (SSSR count). The molecule has 0 saturated carbocycles. The van der Waals surface area contributed by atoms with E-state index in [9.17, 15) is 0 Å². The quantitative estimate of drug-likeness (QED) is 0.615. The molecule has 0 saturated heterocycles. The van der Waals surface area contributed by atoms with Crippen molar-refractivity contribution in [1.82, 2.24) is 4.98 Å². The molecule has 58 valence electrons. The molecular formula is C8H7Cl2N. The van der Waals surface area contributed by atoms with Gasteiger partial charge in [-0.3, -0.25) is 0 Å². The molecule has 1 nitrogen and oxygen atoms in total. The number of hydrogen-bond donors (Lipinski definition) is 0. The van der Waals surface area contributed by atoms with Gasteiger partial charge < -0.3 is 0 Å². The van der Waals surface area contributed by atoms with Crippen LogP contribution in [-0.4, -0.2) is 4.98 Å². The molecule has 0 aromatic carbocycles. The Kier molecular flexibility index (Phi) is 2.92. The number of hydrogen-bond acceptors (Lipinski definition) is 1. The van der Waals surface area contributed by atoms with Crippen LogP contribution < -0.4 is 0 Å². The second kappa shape index (κ2) is 3.74. The fraction of sp³-hybridized carbons (Fsp3) is 0.125. The molecule has 0 fully saturated rings. The van der Waals surface area contributed by atoms with Crippen molar-refractivity contribution in [3.05, 3.63) is 34.1 Å². The summed E-state index contributed by atoms with van der Waals surface area (Å²) in [6, 6.07) is 3.39. The zero-order valence-corrected chi connectivity index (χ0v) is 7.52. The van der Waals surface area contributed by atoms with Gasteiger partial charge in [-0.25, -0.2) is 4.98 Å². The number of halogens is 2. The Morgan fingerprint density at radius 3 is 2.73 bits per heavy atom. The van der Waals surface area contributed by atoms with Gasteiger partial charge in [0, 0.05) is 0 Å². The van der Waals surface area contributed by atoms with Gasteiger partial charge in [-0.05, 0) is 25.1 Å². The van der Waals surface area contributed by atoms with Gasteiger partial charge in [0.25, 0.3) is 0 Å². The van der Waals surface area contributed by atoms with Crippen molar-refractivity contribution in [1.29, 1.82) is 0 Å². The maximum Gasteiger partial charge on any atom is 0.129 e. The first kappa shape index (κ1) is 8.57. The topological polar surface area (TPSA) is 12.9 Å². The Bertz CT molecular complexity index is 281. The third kappa shape index (κ3) is 2.21. The normalized spacial score (nSPS) is 10.8. The minimum Gasteiger partial charge on any atom is -0.235 e. The summed E-state index contributed by atoms with van der Waals surface area (Å²) in [6.45, 7) is 1.90. The van der Waals surface area contributed by atoms with Crippen LogP contribution in [0.2, 0.25) is 10.2 Å². The van der Waals surface area contributed by atoms with Crippen LogP contribution in [0.5, 0.6) is 0 Å². The van der Waals surface area contributed by atoms with Crippen molar-refractivity contribution in [2.45, 2.75) is 6.92 Å². The third-order valence-corrected chi connectivity index (χ3v) is 1.69. The van der Waals surface area contributed by atoms with Crippen molar-refractivity contribution in [2.24, 2.45) is 0 Å². The predicted molar refractivity (Wildman–Crippen MR) is 49.0 cm³/mol. The molecule has 0 aliphatic heterocycles. The smallest absolute Gasteiger partial charge is 0.129 e. The lowest BCUT2D eigenvalue weighted by Gasteiger charge is -1.96. The summed E-state index contributed by atoms with van der Waals surface area (Å²) in [5, 5.41) is 1.08.